The van der Waals surface area contributed by atoms with Crippen LogP contribution in [0.3, 0.4) is 0 Å². The van der Waals surface area contributed by atoms with Crippen molar-refractivity contribution in [2.45, 2.75) is 46.3 Å². The van der Waals surface area contributed by atoms with Gasteiger partial charge in [0.1, 0.15) is 5.82 Å². The van der Waals surface area contributed by atoms with Crippen LogP contribution in [-0.2, 0) is 4.74 Å². The number of nitrogens with zero attached hydrogens (tertiary/aromatic N) is 5. The van der Waals surface area contributed by atoms with Gasteiger partial charge in [0.15, 0.2) is 5.82 Å². The molecular formula is C16H23N5O. The third kappa shape index (κ3) is 2.97. The van der Waals surface area contributed by atoms with Crippen molar-refractivity contribution in [3.05, 3.63) is 29.8 Å². The van der Waals surface area contributed by atoms with E-state index in [0.29, 0.717) is 0 Å². The van der Waals surface area contributed by atoms with Crippen molar-refractivity contribution in [2.24, 2.45) is 0 Å². The zero-order valence-electron chi connectivity index (χ0n) is 13.9. The number of rotatable bonds is 2. The molecule has 118 valence electrons. The first kappa shape index (κ1) is 15.0. The van der Waals surface area contributed by atoms with E-state index < -0.39 is 0 Å². The van der Waals surface area contributed by atoms with E-state index in [0.717, 1.165) is 36.1 Å². The van der Waals surface area contributed by atoms with Crippen LogP contribution >= 0.6 is 0 Å². The number of anilines is 1. The Kier molecular flexibility index (Phi) is 3.64. The van der Waals surface area contributed by atoms with Crippen molar-refractivity contribution in [3.63, 3.8) is 0 Å². The molecule has 6 nitrogen and oxygen atoms in total. The highest BCUT2D eigenvalue weighted by molar-refractivity contribution is 5.41. The van der Waals surface area contributed by atoms with E-state index in [9.17, 15) is 0 Å². The van der Waals surface area contributed by atoms with Crippen LogP contribution in [0, 0.1) is 13.8 Å². The number of morpholine rings is 1. The van der Waals surface area contributed by atoms with Gasteiger partial charge in [0.05, 0.1) is 29.8 Å². The van der Waals surface area contributed by atoms with Crippen LogP contribution in [0.5, 0.6) is 0 Å². The minimum absolute atomic E-state index is 0.169. The molecule has 0 saturated carbocycles. The lowest BCUT2D eigenvalue weighted by Gasteiger charge is -2.42. The monoisotopic (exact) mass is 301 g/mol. The van der Waals surface area contributed by atoms with E-state index in [1.807, 2.05) is 30.8 Å². The van der Waals surface area contributed by atoms with Gasteiger partial charge in [0.2, 0.25) is 0 Å². The second-order valence-electron chi connectivity index (χ2n) is 6.64. The first-order valence-corrected chi connectivity index (χ1v) is 7.62. The van der Waals surface area contributed by atoms with Gasteiger partial charge in [-0.3, -0.25) is 4.98 Å². The highest BCUT2D eigenvalue weighted by Crippen LogP contribution is 2.25. The fraction of sp³-hybridized carbons (Fsp3) is 0.562. The molecule has 0 radical (unpaired) electrons. The summed E-state index contributed by atoms with van der Waals surface area (Å²) in [5.74, 6) is 1.62. The van der Waals surface area contributed by atoms with Crippen molar-refractivity contribution in [1.29, 1.82) is 0 Å². The standard InChI is InChI=1S/C16H23N5O/c1-11-6-12(2)21(19-11)15-8-17-7-14(18-15)20-9-13(3)22-16(4,5)10-20/h6-8,13H,9-10H2,1-5H3. The molecule has 2 aromatic rings. The number of hydrogen-bond donors (Lipinski definition) is 0. The normalized spacial score (nSPS) is 21.1. The Morgan fingerprint density at radius 3 is 2.59 bits per heavy atom. The molecule has 3 rings (SSSR count). The molecule has 2 aromatic heterocycles. The summed E-state index contributed by atoms with van der Waals surface area (Å²) >= 11 is 0. The lowest BCUT2D eigenvalue weighted by Crippen LogP contribution is -2.52. The van der Waals surface area contributed by atoms with Gasteiger partial charge in [0, 0.05) is 18.8 Å². The smallest absolute Gasteiger partial charge is 0.174 e. The molecule has 0 amide bonds. The van der Waals surface area contributed by atoms with Gasteiger partial charge < -0.3 is 9.64 Å². The molecular weight excluding hydrogens is 278 g/mol. The summed E-state index contributed by atoms with van der Waals surface area (Å²) in [6.07, 6.45) is 3.73. The topological polar surface area (TPSA) is 56.1 Å². The Bertz CT molecular complexity index is 679. The van der Waals surface area contributed by atoms with Crippen LogP contribution in [0.4, 0.5) is 5.82 Å². The van der Waals surface area contributed by atoms with Crippen molar-refractivity contribution >= 4 is 5.82 Å². The van der Waals surface area contributed by atoms with Crippen molar-refractivity contribution < 1.29 is 4.74 Å². The minimum atomic E-state index is -0.187. The molecule has 0 spiro atoms. The van der Waals surface area contributed by atoms with Gasteiger partial charge in [-0.25, -0.2) is 9.67 Å². The number of ether oxygens (including phenoxy) is 1. The van der Waals surface area contributed by atoms with Crippen LogP contribution in [-0.4, -0.2) is 44.5 Å². The number of aryl methyl sites for hydroxylation is 2. The van der Waals surface area contributed by atoms with Crippen LogP contribution < -0.4 is 4.90 Å². The van der Waals surface area contributed by atoms with E-state index in [2.05, 4.69) is 35.8 Å². The Balaban J connectivity index is 1.93. The second kappa shape index (κ2) is 5.35. The minimum Gasteiger partial charge on any atom is -0.369 e. The van der Waals surface area contributed by atoms with Gasteiger partial charge in [-0.1, -0.05) is 0 Å². The van der Waals surface area contributed by atoms with Gasteiger partial charge >= 0.3 is 0 Å². The van der Waals surface area contributed by atoms with Gasteiger partial charge in [-0.2, -0.15) is 5.10 Å². The molecule has 6 heteroatoms. The average molecular weight is 301 g/mol. The molecule has 1 unspecified atom stereocenters. The molecule has 0 N–H and O–H groups in total. The average Bonchev–Trinajstić information content (AvgIpc) is 2.76. The fourth-order valence-corrected chi connectivity index (χ4v) is 3.09. The molecule has 22 heavy (non-hydrogen) atoms. The van der Waals surface area contributed by atoms with E-state index in [4.69, 9.17) is 9.72 Å². The molecule has 0 aliphatic carbocycles. The zero-order valence-corrected chi connectivity index (χ0v) is 13.9. The summed E-state index contributed by atoms with van der Waals surface area (Å²) in [6, 6.07) is 2.04. The van der Waals surface area contributed by atoms with E-state index in [1.165, 1.54) is 0 Å². The van der Waals surface area contributed by atoms with Crippen LogP contribution in [0.1, 0.15) is 32.2 Å². The van der Waals surface area contributed by atoms with Crippen molar-refractivity contribution in [3.8, 4) is 5.82 Å². The lowest BCUT2D eigenvalue weighted by atomic mass is 10.1. The third-order valence-electron chi connectivity index (χ3n) is 3.73. The fourth-order valence-electron chi connectivity index (χ4n) is 3.09. The first-order chi connectivity index (χ1) is 10.3. The quantitative estimate of drug-likeness (QED) is 0.852. The van der Waals surface area contributed by atoms with Crippen LogP contribution in [0.15, 0.2) is 18.5 Å². The van der Waals surface area contributed by atoms with E-state index in [1.54, 1.807) is 6.20 Å². The lowest BCUT2D eigenvalue weighted by molar-refractivity contribution is -0.0751. The van der Waals surface area contributed by atoms with Gasteiger partial charge in [-0.15, -0.1) is 0 Å². The Morgan fingerprint density at radius 2 is 1.95 bits per heavy atom. The van der Waals surface area contributed by atoms with Crippen LogP contribution in [0.25, 0.3) is 5.82 Å². The molecule has 0 aromatic carbocycles. The summed E-state index contributed by atoms with van der Waals surface area (Å²) in [4.78, 5) is 11.3. The van der Waals surface area contributed by atoms with Crippen molar-refractivity contribution in [1.82, 2.24) is 19.7 Å². The largest absolute Gasteiger partial charge is 0.369 e. The Labute approximate surface area is 131 Å². The van der Waals surface area contributed by atoms with E-state index >= 15 is 0 Å². The molecule has 0 bridgehead atoms. The maximum absolute atomic E-state index is 5.96. The van der Waals surface area contributed by atoms with Gasteiger partial charge in [0.25, 0.3) is 0 Å². The highest BCUT2D eigenvalue weighted by Gasteiger charge is 2.32. The number of aromatic nitrogens is 4. The van der Waals surface area contributed by atoms with E-state index in [-0.39, 0.29) is 11.7 Å². The molecule has 3 heterocycles. The predicted octanol–water partition coefficient (Wildman–Crippen LogP) is 2.28. The van der Waals surface area contributed by atoms with Crippen LogP contribution in [0.2, 0.25) is 0 Å². The summed E-state index contributed by atoms with van der Waals surface area (Å²) in [7, 11) is 0. The second-order valence-corrected chi connectivity index (χ2v) is 6.64. The molecule has 1 aliphatic rings. The first-order valence-electron chi connectivity index (χ1n) is 7.62. The number of hydrogen-bond acceptors (Lipinski definition) is 5. The summed E-state index contributed by atoms with van der Waals surface area (Å²) in [5, 5.41) is 4.48. The Hall–Kier alpha value is -1.95. The summed E-state index contributed by atoms with van der Waals surface area (Å²) < 4.78 is 7.79. The SMILES string of the molecule is Cc1cc(C)n(-c2cncc(N3CC(C)OC(C)(C)C3)n2)n1. The van der Waals surface area contributed by atoms with Gasteiger partial charge in [-0.05, 0) is 40.7 Å². The maximum atomic E-state index is 5.96. The Morgan fingerprint density at radius 1 is 1.23 bits per heavy atom. The summed E-state index contributed by atoms with van der Waals surface area (Å²) in [5.41, 5.74) is 1.85. The maximum Gasteiger partial charge on any atom is 0.174 e. The third-order valence-corrected chi connectivity index (χ3v) is 3.73. The van der Waals surface area contributed by atoms with Crippen molar-refractivity contribution in [2.75, 3.05) is 18.0 Å². The molecule has 1 atom stereocenters. The molecule has 1 fully saturated rings. The highest BCUT2D eigenvalue weighted by atomic mass is 16.5. The molecule has 1 saturated heterocycles. The molecule has 1 aliphatic heterocycles. The predicted molar refractivity (Wildman–Crippen MR) is 85.5 cm³/mol. The summed E-state index contributed by atoms with van der Waals surface area (Å²) in [6.45, 7) is 11.9. The zero-order chi connectivity index (χ0) is 15.9.